The molecule has 2 aromatic heterocycles. The van der Waals surface area contributed by atoms with Crippen molar-refractivity contribution >= 4 is 17.5 Å². The zero-order chi connectivity index (χ0) is 14.1. The number of pyridine rings is 1. The molecule has 2 heterocycles. The number of nitrogen functional groups attached to an aromatic ring is 1. The molecular formula is C15H12ClN3O. The van der Waals surface area contributed by atoms with E-state index >= 15 is 0 Å². The van der Waals surface area contributed by atoms with Crippen LogP contribution >= 0.6 is 11.6 Å². The molecule has 0 unspecified atom stereocenters. The normalized spacial score (nSPS) is 10.7. The lowest BCUT2D eigenvalue weighted by atomic mass is 10.0. The average Bonchev–Trinajstić information content (AvgIpc) is 2.85. The van der Waals surface area contributed by atoms with Crippen molar-refractivity contribution in [1.29, 1.82) is 0 Å². The first-order valence-corrected chi connectivity index (χ1v) is 6.46. The second kappa shape index (κ2) is 4.98. The number of hydrogen-bond donors (Lipinski definition) is 1. The average molecular weight is 286 g/mol. The van der Waals surface area contributed by atoms with Gasteiger partial charge in [0.1, 0.15) is 5.69 Å². The molecule has 0 aliphatic heterocycles. The lowest BCUT2D eigenvalue weighted by Crippen LogP contribution is -1.88. The summed E-state index contributed by atoms with van der Waals surface area (Å²) in [5.74, 6) is 0.268. The lowest BCUT2D eigenvalue weighted by molar-refractivity contribution is 0.439. The molecule has 5 heteroatoms. The SMILES string of the molecule is Cc1ccc(-c2noc(N)c2-c2cccnc2)cc1Cl. The summed E-state index contributed by atoms with van der Waals surface area (Å²) in [6, 6.07) is 9.49. The third-order valence-electron chi connectivity index (χ3n) is 3.11. The third-order valence-corrected chi connectivity index (χ3v) is 3.52. The quantitative estimate of drug-likeness (QED) is 0.774. The number of halogens is 1. The van der Waals surface area contributed by atoms with Gasteiger partial charge in [0.25, 0.3) is 0 Å². The minimum atomic E-state index is 0.268. The van der Waals surface area contributed by atoms with Crippen LogP contribution in [-0.4, -0.2) is 10.1 Å². The highest BCUT2D eigenvalue weighted by Gasteiger charge is 2.17. The zero-order valence-corrected chi connectivity index (χ0v) is 11.6. The number of rotatable bonds is 2. The van der Waals surface area contributed by atoms with Crippen LogP contribution in [0.2, 0.25) is 5.02 Å². The van der Waals surface area contributed by atoms with Crippen LogP contribution in [0.3, 0.4) is 0 Å². The van der Waals surface area contributed by atoms with Crippen LogP contribution in [0.15, 0.2) is 47.2 Å². The molecule has 0 radical (unpaired) electrons. The van der Waals surface area contributed by atoms with E-state index in [2.05, 4.69) is 10.1 Å². The predicted molar refractivity (Wildman–Crippen MR) is 79.3 cm³/mol. The fourth-order valence-corrected chi connectivity index (χ4v) is 2.21. The van der Waals surface area contributed by atoms with Crippen molar-refractivity contribution in [2.24, 2.45) is 0 Å². The molecule has 0 aliphatic carbocycles. The molecule has 0 atom stereocenters. The summed E-state index contributed by atoms with van der Waals surface area (Å²) in [6.45, 7) is 1.95. The molecule has 0 saturated carbocycles. The van der Waals surface area contributed by atoms with Gasteiger partial charge in [-0.05, 0) is 24.6 Å². The van der Waals surface area contributed by atoms with Crippen LogP contribution in [0, 0.1) is 6.92 Å². The van der Waals surface area contributed by atoms with E-state index in [0.29, 0.717) is 10.7 Å². The van der Waals surface area contributed by atoms with Gasteiger partial charge in [-0.1, -0.05) is 35.0 Å². The molecule has 2 N–H and O–H groups in total. The van der Waals surface area contributed by atoms with Crippen LogP contribution in [0.5, 0.6) is 0 Å². The van der Waals surface area contributed by atoms with Gasteiger partial charge in [-0.3, -0.25) is 4.98 Å². The number of nitrogens with two attached hydrogens (primary N) is 1. The van der Waals surface area contributed by atoms with Gasteiger partial charge in [0, 0.05) is 28.5 Å². The number of anilines is 1. The van der Waals surface area contributed by atoms with Gasteiger partial charge in [-0.25, -0.2) is 0 Å². The van der Waals surface area contributed by atoms with E-state index in [9.17, 15) is 0 Å². The summed E-state index contributed by atoms with van der Waals surface area (Å²) >= 11 is 6.17. The Morgan fingerprint density at radius 3 is 2.75 bits per heavy atom. The fraction of sp³-hybridized carbons (Fsp3) is 0.0667. The molecule has 0 amide bonds. The van der Waals surface area contributed by atoms with E-state index < -0.39 is 0 Å². The van der Waals surface area contributed by atoms with Crippen molar-refractivity contribution < 1.29 is 4.52 Å². The first kappa shape index (κ1) is 12.7. The van der Waals surface area contributed by atoms with Gasteiger partial charge in [0.15, 0.2) is 0 Å². The van der Waals surface area contributed by atoms with Crippen molar-refractivity contribution in [2.75, 3.05) is 5.73 Å². The fourth-order valence-electron chi connectivity index (χ4n) is 2.03. The van der Waals surface area contributed by atoms with Gasteiger partial charge in [0.05, 0.1) is 5.56 Å². The molecule has 3 rings (SSSR count). The Bertz CT molecular complexity index is 753. The second-order valence-electron chi connectivity index (χ2n) is 4.48. The largest absolute Gasteiger partial charge is 0.367 e. The summed E-state index contributed by atoms with van der Waals surface area (Å²) in [6.07, 6.45) is 3.43. The number of benzene rings is 1. The molecule has 0 saturated heterocycles. The van der Waals surface area contributed by atoms with E-state index in [1.165, 1.54) is 0 Å². The molecule has 1 aromatic carbocycles. The highest BCUT2D eigenvalue weighted by molar-refractivity contribution is 6.31. The highest BCUT2D eigenvalue weighted by atomic mass is 35.5. The van der Waals surface area contributed by atoms with Gasteiger partial charge >= 0.3 is 0 Å². The van der Waals surface area contributed by atoms with Crippen molar-refractivity contribution in [3.63, 3.8) is 0 Å². The molecule has 0 bridgehead atoms. The molecule has 0 fully saturated rings. The van der Waals surface area contributed by atoms with Gasteiger partial charge < -0.3 is 10.3 Å². The summed E-state index contributed by atoms with van der Waals surface area (Å²) in [7, 11) is 0. The standard InChI is InChI=1S/C15H12ClN3O/c1-9-4-5-10(7-12(9)16)14-13(15(17)20-19-14)11-3-2-6-18-8-11/h2-8H,17H2,1H3. The first-order chi connectivity index (χ1) is 9.66. The van der Waals surface area contributed by atoms with Crippen LogP contribution in [0.1, 0.15) is 5.56 Å². The van der Waals surface area contributed by atoms with E-state index in [1.54, 1.807) is 12.4 Å². The van der Waals surface area contributed by atoms with Crippen molar-refractivity contribution in [3.8, 4) is 22.4 Å². The van der Waals surface area contributed by atoms with Gasteiger partial charge in [-0.2, -0.15) is 0 Å². The Morgan fingerprint density at radius 1 is 1.20 bits per heavy atom. The minimum Gasteiger partial charge on any atom is -0.367 e. The Labute approximate surface area is 121 Å². The molecular weight excluding hydrogens is 274 g/mol. The van der Waals surface area contributed by atoms with E-state index in [4.69, 9.17) is 21.9 Å². The molecule has 20 heavy (non-hydrogen) atoms. The van der Waals surface area contributed by atoms with Gasteiger partial charge in [-0.15, -0.1) is 0 Å². The highest BCUT2D eigenvalue weighted by Crippen LogP contribution is 2.36. The van der Waals surface area contributed by atoms with Crippen molar-refractivity contribution in [2.45, 2.75) is 6.92 Å². The summed E-state index contributed by atoms with van der Waals surface area (Å²) < 4.78 is 5.13. The second-order valence-corrected chi connectivity index (χ2v) is 4.88. The number of nitrogens with zero attached hydrogens (tertiary/aromatic N) is 2. The Kier molecular flexibility index (Phi) is 3.16. The van der Waals surface area contributed by atoms with Crippen molar-refractivity contribution in [3.05, 3.63) is 53.3 Å². The van der Waals surface area contributed by atoms with E-state index in [1.807, 2.05) is 37.3 Å². The maximum absolute atomic E-state index is 6.17. The number of aromatic nitrogens is 2. The van der Waals surface area contributed by atoms with Crippen molar-refractivity contribution in [1.82, 2.24) is 10.1 Å². The molecule has 3 aromatic rings. The smallest absolute Gasteiger partial charge is 0.230 e. The molecule has 0 spiro atoms. The monoisotopic (exact) mass is 285 g/mol. The summed E-state index contributed by atoms with van der Waals surface area (Å²) in [5, 5.41) is 4.73. The van der Waals surface area contributed by atoms with Crippen LogP contribution in [-0.2, 0) is 0 Å². The maximum atomic E-state index is 6.17. The van der Waals surface area contributed by atoms with Gasteiger partial charge in [0.2, 0.25) is 5.88 Å². The number of hydrogen-bond acceptors (Lipinski definition) is 4. The van der Waals surface area contributed by atoms with E-state index in [0.717, 1.165) is 22.3 Å². The minimum absolute atomic E-state index is 0.268. The Balaban J connectivity index is 2.18. The first-order valence-electron chi connectivity index (χ1n) is 6.09. The summed E-state index contributed by atoms with van der Waals surface area (Å²) in [5.41, 5.74) is 10.0. The zero-order valence-electron chi connectivity index (χ0n) is 10.8. The van der Waals surface area contributed by atoms with E-state index in [-0.39, 0.29) is 5.88 Å². The predicted octanol–water partition coefficient (Wildman–Crippen LogP) is 3.95. The number of aryl methyl sites for hydroxylation is 1. The van der Waals surface area contributed by atoms with Crippen LogP contribution in [0.25, 0.3) is 22.4 Å². The Morgan fingerprint density at radius 2 is 2.05 bits per heavy atom. The summed E-state index contributed by atoms with van der Waals surface area (Å²) in [4.78, 5) is 4.10. The molecule has 4 nitrogen and oxygen atoms in total. The Hall–Kier alpha value is -2.33. The third kappa shape index (κ3) is 2.14. The van der Waals surface area contributed by atoms with Crippen LogP contribution < -0.4 is 5.73 Å². The van der Waals surface area contributed by atoms with Crippen LogP contribution in [0.4, 0.5) is 5.88 Å². The topological polar surface area (TPSA) is 64.9 Å². The molecule has 100 valence electrons. The maximum Gasteiger partial charge on any atom is 0.230 e. The molecule has 0 aliphatic rings. The lowest BCUT2D eigenvalue weighted by Gasteiger charge is -2.04.